The summed E-state index contributed by atoms with van der Waals surface area (Å²) < 4.78 is 5.21. The first kappa shape index (κ1) is 16.4. The van der Waals surface area contributed by atoms with Gasteiger partial charge in [0.1, 0.15) is 0 Å². The van der Waals surface area contributed by atoms with E-state index in [1.165, 1.54) is 19.8 Å². The minimum atomic E-state index is 0.120. The predicted molar refractivity (Wildman–Crippen MR) is 120 cm³/mol. The molecule has 0 aliphatic carbocycles. The van der Waals surface area contributed by atoms with Crippen LogP contribution in [0.4, 0.5) is 0 Å². The van der Waals surface area contributed by atoms with Crippen LogP contribution in [0.1, 0.15) is 5.56 Å². The van der Waals surface area contributed by atoms with Crippen LogP contribution in [0, 0.1) is 20.3 Å². The average molecular weight is 972 g/mol. The van der Waals surface area contributed by atoms with Crippen molar-refractivity contribution in [3.63, 3.8) is 0 Å². The van der Waals surface area contributed by atoms with E-state index in [4.69, 9.17) is 0 Å². The Bertz CT molecular complexity index is 339. The topological polar surface area (TPSA) is 0 Å². The maximum atomic E-state index is 3.37. The minimum Gasteiger partial charge on any atom is -0.0499 e. The van der Waals surface area contributed by atoms with Gasteiger partial charge in [0, 0.05) is 25.9 Å². The van der Waals surface area contributed by atoms with Crippen LogP contribution in [-0.2, 0) is -0.565 Å². The van der Waals surface area contributed by atoms with Crippen LogP contribution in [0.15, 0.2) is 0 Å². The molecule has 14 heavy (non-hydrogen) atoms. The van der Waals surface area contributed by atoms with Crippen LogP contribution in [0.5, 0.6) is 0 Å². The molecule has 0 N–H and O–H groups in total. The van der Waals surface area contributed by atoms with Gasteiger partial charge in [-0.3, -0.25) is 0 Å². The maximum Gasteiger partial charge on any atom is 0.151 e. The molecule has 1 radical (unpaired) electrons. The average Bonchev–Trinajstić information content (AvgIpc) is 1.98. The van der Waals surface area contributed by atoms with Crippen molar-refractivity contribution in [2.45, 2.75) is -0.565 Å². The molecule has 0 aliphatic rings. The third kappa shape index (κ3) is 4.17. The number of alkyl halides is 3. The molecule has 77 valence electrons. The third-order valence-corrected chi connectivity index (χ3v) is 8.79. The lowest BCUT2D eigenvalue weighted by atomic mass is 10.2. The fraction of sp³-hybridized carbons (Fsp3) is 0.143. The molecule has 0 unspecified atom stereocenters. The molecule has 0 aromatic heterocycles. The quantitative estimate of drug-likeness (QED) is 0.176. The zero-order valence-electron chi connectivity index (χ0n) is 6.15. The van der Waals surface area contributed by atoms with Crippen molar-refractivity contribution in [3.8, 4) is 0 Å². The Kier molecular flexibility index (Phi) is 7.80. The van der Waals surface area contributed by atoms with Crippen molar-refractivity contribution >= 4 is 158 Å². The molecule has 0 heterocycles. The highest BCUT2D eigenvalue weighted by molar-refractivity contribution is 14.3. The van der Waals surface area contributed by atoms with Crippen molar-refractivity contribution in [2.24, 2.45) is 0 Å². The lowest BCUT2D eigenvalue weighted by molar-refractivity contribution is 1.31. The van der Waals surface area contributed by atoms with Gasteiger partial charge < -0.3 is 0 Å². The van der Waals surface area contributed by atoms with E-state index in [-0.39, 0.29) is -0.565 Å². The zero-order chi connectivity index (χ0) is 11.1. The summed E-state index contributed by atoms with van der Waals surface area (Å²) in [6.45, 7) is 0. The van der Waals surface area contributed by atoms with Crippen molar-refractivity contribution in [1.29, 1.82) is 0 Å². The van der Waals surface area contributed by atoms with Gasteiger partial charge in [0.25, 0.3) is 0 Å². The highest BCUT2D eigenvalue weighted by atomic mass is 127. The van der Waals surface area contributed by atoms with Gasteiger partial charge in [0.15, 0.2) is -0.565 Å². The summed E-state index contributed by atoms with van der Waals surface area (Å²) in [5.41, 5.74) is 1.41. The van der Waals surface area contributed by atoms with Crippen LogP contribution < -0.4 is 0 Å². The number of halogens is 7. The van der Waals surface area contributed by atoms with E-state index in [9.17, 15) is 0 Å². The van der Waals surface area contributed by atoms with Crippen LogP contribution in [0.25, 0.3) is 0 Å². The van der Waals surface area contributed by atoms with Gasteiger partial charge in [-0.05, 0) is 158 Å². The van der Waals surface area contributed by atoms with Crippen LogP contribution >= 0.6 is 158 Å². The summed E-state index contributed by atoms with van der Waals surface area (Å²) in [6, 6.07) is 3.37. The smallest absolute Gasteiger partial charge is 0.0499 e. The second-order valence-electron chi connectivity index (χ2n) is 2.25. The summed E-state index contributed by atoms with van der Waals surface area (Å²) in [4.78, 5) is 0. The highest BCUT2D eigenvalue weighted by Crippen LogP contribution is 2.50. The van der Waals surface area contributed by atoms with E-state index in [2.05, 4.69) is 164 Å². The minimum absolute atomic E-state index is 0.120. The van der Waals surface area contributed by atoms with Crippen molar-refractivity contribution < 1.29 is 0 Å². The Morgan fingerprint density at radius 1 is 0.786 bits per heavy atom. The molecule has 0 fully saturated rings. The lowest BCUT2D eigenvalue weighted by Crippen LogP contribution is -2.07. The molecule has 0 bridgehead atoms. The molecule has 1 aromatic carbocycles. The van der Waals surface area contributed by atoms with Crippen LogP contribution in [0.2, 0.25) is 0 Å². The van der Waals surface area contributed by atoms with Crippen LogP contribution in [0.3, 0.4) is 0 Å². The summed E-state index contributed by atoms with van der Waals surface area (Å²) in [5, 5.41) is 0. The Labute approximate surface area is 179 Å². The van der Waals surface area contributed by atoms with Crippen LogP contribution in [-0.4, -0.2) is 0 Å². The summed E-state index contributed by atoms with van der Waals surface area (Å²) in [6.07, 6.45) is 0. The SMILES string of the molecule is Ic1[c]c(I)c(I)c(C(I)(I)I)c1I. The second kappa shape index (κ2) is 6.67. The van der Waals surface area contributed by atoms with E-state index >= 15 is 0 Å². The molecule has 0 aliphatic heterocycles. The molecule has 0 nitrogen and oxygen atoms in total. The Hall–Kier alpha value is 4.33. The van der Waals surface area contributed by atoms with Gasteiger partial charge >= 0.3 is 0 Å². The molecule has 0 saturated heterocycles. The largest absolute Gasteiger partial charge is 0.151 e. The van der Waals surface area contributed by atoms with E-state index in [0.717, 1.165) is 0 Å². The Morgan fingerprint density at radius 3 is 1.43 bits per heavy atom. The Morgan fingerprint density at radius 2 is 1.14 bits per heavy atom. The fourth-order valence-corrected chi connectivity index (χ4v) is 9.21. The van der Waals surface area contributed by atoms with Crippen molar-refractivity contribution in [2.75, 3.05) is 0 Å². The molecular formula is C7I7. The fourth-order valence-electron chi connectivity index (χ4n) is 0.771. The molecule has 0 spiro atoms. The molecule has 0 atom stereocenters. The van der Waals surface area contributed by atoms with Gasteiger partial charge in [-0.15, -0.1) is 0 Å². The standard InChI is InChI=1S/C7I7/c8-2-1-3(9)6(11)4(5(2)10)7(12,13)14. The summed E-state index contributed by atoms with van der Waals surface area (Å²) in [5.74, 6) is 0. The number of hydrogen-bond acceptors (Lipinski definition) is 0. The van der Waals surface area contributed by atoms with Gasteiger partial charge in [-0.2, -0.15) is 0 Å². The third-order valence-electron chi connectivity index (χ3n) is 1.33. The van der Waals surface area contributed by atoms with Gasteiger partial charge in [0.2, 0.25) is 0 Å². The summed E-state index contributed by atoms with van der Waals surface area (Å²) >= 11 is 16.9. The molecule has 7 heteroatoms. The van der Waals surface area contributed by atoms with Gasteiger partial charge in [0.05, 0.1) is 0 Å². The Balaban J connectivity index is 3.56. The van der Waals surface area contributed by atoms with E-state index in [0.29, 0.717) is 0 Å². The second-order valence-corrected chi connectivity index (χ2v) is 17.6. The first-order chi connectivity index (χ1) is 6.25. The first-order valence-electron chi connectivity index (χ1n) is 3.07. The zero-order valence-corrected chi connectivity index (χ0v) is 21.2. The van der Waals surface area contributed by atoms with Gasteiger partial charge in [-0.25, -0.2) is 0 Å². The number of hydrogen-bond donors (Lipinski definition) is 0. The van der Waals surface area contributed by atoms with Gasteiger partial charge in [-0.1, -0.05) is 0 Å². The molecule has 1 rings (SSSR count). The maximum absolute atomic E-state index is 3.37. The molecule has 0 amide bonds. The number of benzene rings is 1. The molecular weight excluding hydrogens is 972 g/mol. The summed E-state index contributed by atoms with van der Waals surface area (Å²) in [7, 11) is 0. The predicted octanol–water partition coefficient (Wildman–Crippen LogP) is 6.32. The normalized spacial score (nSPS) is 11.9. The van der Waals surface area contributed by atoms with E-state index in [1.54, 1.807) is 0 Å². The molecule has 0 saturated carbocycles. The molecule has 1 aromatic rings. The highest BCUT2D eigenvalue weighted by Gasteiger charge is 2.28. The van der Waals surface area contributed by atoms with E-state index in [1.807, 2.05) is 0 Å². The lowest BCUT2D eigenvalue weighted by Gasteiger charge is -2.19. The first-order valence-corrected chi connectivity index (χ1v) is 10.6. The van der Waals surface area contributed by atoms with E-state index < -0.39 is 0 Å². The number of rotatable bonds is 1. The van der Waals surface area contributed by atoms with Crippen molar-refractivity contribution in [3.05, 3.63) is 25.9 Å². The van der Waals surface area contributed by atoms with Crippen molar-refractivity contribution in [1.82, 2.24) is 0 Å². The monoisotopic (exact) mass is 972 g/mol.